The van der Waals surface area contributed by atoms with Gasteiger partial charge in [-0.3, -0.25) is 10.1 Å². The van der Waals surface area contributed by atoms with Gasteiger partial charge >= 0.3 is 0 Å². The van der Waals surface area contributed by atoms with Gasteiger partial charge in [0.2, 0.25) is 0 Å². The van der Waals surface area contributed by atoms with Gasteiger partial charge in [-0.25, -0.2) is 4.98 Å². The molecule has 1 heterocycles. The van der Waals surface area contributed by atoms with Gasteiger partial charge in [0.25, 0.3) is 5.69 Å². The van der Waals surface area contributed by atoms with E-state index in [0.29, 0.717) is 16.5 Å². The molecule has 5 nitrogen and oxygen atoms in total. The summed E-state index contributed by atoms with van der Waals surface area (Å²) >= 11 is 5.77. The molecule has 0 N–H and O–H groups in total. The minimum Gasteiger partial charge on any atom is -0.488 e. The summed E-state index contributed by atoms with van der Waals surface area (Å²) in [5.41, 5.74) is 1.41. The predicted octanol–water partition coefficient (Wildman–Crippen LogP) is 3.53. The molecule has 2 aromatic rings. The Morgan fingerprint density at radius 1 is 1.42 bits per heavy atom. The zero-order valence-electron chi connectivity index (χ0n) is 10.2. The Kier molecular flexibility index (Phi) is 3.97. The van der Waals surface area contributed by atoms with Crippen LogP contribution in [-0.4, -0.2) is 9.91 Å². The number of benzene rings is 1. The number of rotatable bonds is 4. The second kappa shape index (κ2) is 5.67. The first-order valence-corrected chi connectivity index (χ1v) is 5.93. The lowest BCUT2D eigenvalue weighted by molar-refractivity contribution is -0.385. The Hall–Kier alpha value is -2.14. The number of hydrogen-bond acceptors (Lipinski definition) is 4. The molecule has 0 saturated carbocycles. The van der Waals surface area contributed by atoms with E-state index in [4.69, 9.17) is 16.3 Å². The lowest BCUT2D eigenvalue weighted by Gasteiger charge is -2.09. The highest BCUT2D eigenvalue weighted by Gasteiger charge is 2.14. The fourth-order valence-electron chi connectivity index (χ4n) is 1.65. The number of hydrogen-bond donors (Lipinski definition) is 0. The minimum atomic E-state index is -0.425. The maximum absolute atomic E-state index is 10.8. The highest BCUT2D eigenvalue weighted by Crippen LogP contribution is 2.27. The number of nitro benzene ring substituents is 1. The summed E-state index contributed by atoms with van der Waals surface area (Å²) in [6.07, 6.45) is 1.58. The van der Waals surface area contributed by atoms with Gasteiger partial charge in [-0.1, -0.05) is 17.7 Å². The third kappa shape index (κ3) is 3.20. The average Bonchev–Trinajstić information content (AvgIpc) is 2.37. The lowest BCUT2D eigenvalue weighted by Crippen LogP contribution is -1.99. The van der Waals surface area contributed by atoms with E-state index in [1.807, 2.05) is 0 Å². The first kappa shape index (κ1) is 13.3. The van der Waals surface area contributed by atoms with Gasteiger partial charge in [-0.05, 0) is 30.7 Å². The number of halogens is 1. The smallest absolute Gasteiger partial charge is 0.276 e. The van der Waals surface area contributed by atoms with Crippen LogP contribution in [0.15, 0.2) is 36.5 Å². The third-order valence-electron chi connectivity index (χ3n) is 2.64. The van der Waals surface area contributed by atoms with Crippen LogP contribution in [0.3, 0.4) is 0 Å². The van der Waals surface area contributed by atoms with Crippen molar-refractivity contribution in [3.05, 3.63) is 62.9 Å². The summed E-state index contributed by atoms with van der Waals surface area (Å²) in [5.74, 6) is 0.488. The third-order valence-corrected chi connectivity index (χ3v) is 2.84. The lowest BCUT2D eigenvalue weighted by atomic mass is 10.2. The Labute approximate surface area is 115 Å². The van der Waals surface area contributed by atoms with Gasteiger partial charge in [0.1, 0.15) is 17.5 Å². The van der Waals surface area contributed by atoms with Crippen LogP contribution in [-0.2, 0) is 6.61 Å². The molecule has 1 aromatic heterocycles. The maximum Gasteiger partial charge on any atom is 0.276 e. The Bertz CT molecular complexity index is 617. The summed E-state index contributed by atoms with van der Waals surface area (Å²) in [5, 5.41) is 11.2. The molecular weight excluding hydrogens is 268 g/mol. The van der Waals surface area contributed by atoms with Crippen LogP contribution < -0.4 is 4.74 Å². The SMILES string of the molecule is Cc1c(OCc2ccnc(Cl)c2)cccc1[N+](=O)[O-]. The van der Waals surface area contributed by atoms with E-state index >= 15 is 0 Å². The van der Waals surface area contributed by atoms with Crippen molar-refractivity contribution >= 4 is 17.3 Å². The largest absolute Gasteiger partial charge is 0.488 e. The molecule has 0 bridgehead atoms. The fraction of sp³-hybridized carbons (Fsp3) is 0.154. The van der Waals surface area contributed by atoms with Crippen molar-refractivity contribution in [2.24, 2.45) is 0 Å². The van der Waals surface area contributed by atoms with Crippen LogP contribution in [0, 0.1) is 17.0 Å². The van der Waals surface area contributed by atoms with Gasteiger partial charge in [0, 0.05) is 12.3 Å². The number of nitrogens with zero attached hydrogens (tertiary/aromatic N) is 2. The molecule has 6 heteroatoms. The van der Waals surface area contributed by atoms with E-state index < -0.39 is 4.92 Å². The summed E-state index contributed by atoms with van der Waals surface area (Å²) in [6.45, 7) is 1.94. The van der Waals surface area contributed by atoms with Gasteiger partial charge < -0.3 is 4.74 Å². The van der Waals surface area contributed by atoms with Crippen LogP contribution in [0.5, 0.6) is 5.75 Å². The monoisotopic (exact) mass is 278 g/mol. The van der Waals surface area contributed by atoms with E-state index in [0.717, 1.165) is 5.56 Å². The molecule has 0 unspecified atom stereocenters. The summed E-state index contributed by atoms with van der Waals surface area (Å²) in [6, 6.07) is 8.21. The summed E-state index contributed by atoms with van der Waals surface area (Å²) in [7, 11) is 0. The standard InChI is InChI=1S/C13H11ClN2O3/c1-9-11(16(17)18)3-2-4-12(9)19-8-10-5-6-15-13(14)7-10/h2-7H,8H2,1H3. The summed E-state index contributed by atoms with van der Waals surface area (Å²) < 4.78 is 5.58. The molecule has 0 amide bonds. The molecule has 2 rings (SSSR count). The topological polar surface area (TPSA) is 65.3 Å². The van der Waals surface area contributed by atoms with Crippen LogP contribution in [0.4, 0.5) is 5.69 Å². The van der Waals surface area contributed by atoms with Crippen molar-refractivity contribution in [3.63, 3.8) is 0 Å². The molecule has 1 aromatic carbocycles. The van der Waals surface area contributed by atoms with Crippen LogP contribution in [0.2, 0.25) is 5.15 Å². The van der Waals surface area contributed by atoms with Gasteiger partial charge in [0.15, 0.2) is 0 Å². The van der Waals surface area contributed by atoms with E-state index in [1.54, 1.807) is 37.4 Å². The van der Waals surface area contributed by atoms with E-state index in [1.165, 1.54) is 6.07 Å². The molecule has 0 aliphatic carbocycles. The Morgan fingerprint density at radius 2 is 2.21 bits per heavy atom. The highest BCUT2D eigenvalue weighted by atomic mass is 35.5. The molecular formula is C13H11ClN2O3. The van der Waals surface area contributed by atoms with Crippen molar-refractivity contribution in [1.82, 2.24) is 4.98 Å². The molecule has 0 fully saturated rings. The van der Waals surface area contributed by atoms with E-state index in [2.05, 4.69) is 4.98 Å². The second-order valence-electron chi connectivity index (χ2n) is 3.93. The van der Waals surface area contributed by atoms with Crippen molar-refractivity contribution in [3.8, 4) is 5.75 Å². The molecule has 0 spiro atoms. The number of pyridine rings is 1. The molecule has 0 atom stereocenters. The summed E-state index contributed by atoms with van der Waals surface area (Å²) in [4.78, 5) is 14.3. The van der Waals surface area contributed by atoms with Crippen molar-refractivity contribution in [2.45, 2.75) is 13.5 Å². The Morgan fingerprint density at radius 3 is 2.89 bits per heavy atom. The normalized spacial score (nSPS) is 10.2. The van der Waals surface area contributed by atoms with Crippen LogP contribution in [0.25, 0.3) is 0 Å². The van der Waals surface area contributed by atoms with Crippen molar-refractivity contribution in [1.29, 1.82) is 0 Å². The molecule has 0 saturated heterocycles. The van der Waals surface area contributed by atoms with Crippen molar-refractivity contribution in [2.75, 3.05) is 0 Å². The van der Waals surface area contributed by atoms with Crippen LogP contribution in [0.1, 0.15) is 11.1 Å². The van der Waals surface area contributed by atoms with Crippen molar-refractivity contribution < 1.29 is 9.66 Å². The molecule has 19 heavy (non-hydrogen) atoms. The molecule has 98 valence electrons. The maximum atomic E-state index is 10.8. The first-order chi connectivity index (χ1) is 9.08. The minimum absolute atomic E-state index is 0.0465. The quantitative estimate of drug-likeness (QED) is 0.487. The average molecular weight is 279 g/mol. The number of nitro groups is 1. The fourth-order valence-corrected chi connectivity index (χ4v) is 1.85. The van der Waals surface area contributed by atoms with Gasteiger partial charge in [-0.15, -0.1) is 0 Å². The Balaban J connectivity index is 2.16. The first-order valence-electron chi connectivity index (χ1n) is 5.55. The van der Waals surface area contributed by atoms with E-state index in [-0.39, 0.29) is 12.3 Å². The number of ether oxygens (including phenoxy) is 1. The molecule has 0 radical (unpaired) electrons. The zero-order valence-corrected chi connectivity index (χ0v) is 10.9. The van der Waals surface area contributed by atoms with Gasteiger partial charge in [0.05, 0.1) is 10.5 Å². The molecule has 0 aliphatic rings. The number of aromatic nitrogens is 1. The molecule has 0 aliphatic heterocycles. The van der Waals surface area contributed by atoms with Gasteiger partial charge in [-0.2, -0.15) is 0 Å². The van der Waals surface area contributed by atoms with Crippen LogP contribution >= 0.6 is 11.6 Å². The highest BCUT2D eigenvalue weighted by molar-refractivity contribution is 6.29. The van der Waals surface area contributed by atoms with E-state index in [9.17, 15) is 10.1 Å². The predicted molar refractivity (Wildman–Crippen MR) is 71.4 cm³/mol. The second-order valence-corrected chi connectivity index (χ2v) is 4.32. The zero-order chi connectivity index (χ0) is 13.8.